The van der Waals surface area contributed by atoms with Crippen molar-refractivity contribution in [3.8, 4) is 0 Å². The second-order valence-electron chi connectivity index (χ2n) is 5.03. The average molecular weight is 328 g/mol. The molecule has 2 aromatic carbocycles. The van der Waals surface area contributed by atoms with E-state index in [2.05, 4.69) is 9.71 Å². The van der Waals surface area contributed by atoms with Crippen LogP contribution in [0.15, 0.2) is 76.8 Å². The molecule has 5 nitrogen and oxygen atoms in total. The fourth-order valence-electron chi connectivity index (χ4n) is 2.09. The summed E-state index contributed by atoms with van der Waals surface area (Å²) in [5.41, 5.74) is 1.91. The molecule has 118 valence electrons. The smallest absolute Gasteiger partial charge is 0.296 e. The number of hydrogen-bond acceptors (Lipinski definition) is 4. The Kier molecular flexibility index (Phi) is 4.43. The molecule has 0 aromatic heterocycles. The van der Waals surface area contributed by atoms with E-state index < -0.39 is 10.0 Å². The van der Waals surface area contributed by atoms with Crippen LogP contribution in [-0.2, 0) is 27.9 Å². The van der Waals surface area contributed by atoms with Crippen molar-refractivity contribution in [2.75, 3.05) is 0 Å². The monoisotopic (exact) mass is 328 g/mol. The molecule has 0 saturated heterocycles. The first-order valence-electron chi connectivity index (χ1n) is 7.13. The highest BCUT2D eigenvalue weighted by Crippen LogP contribution is 2.16. The SMILES string of the molecule is O=S1(=O)NC(=NCc2ccccc2)C=C1OCc1ccccc1. The molecule has 6 heteroatoms. The Morgan fingerprint density at radius 3 is 2.17 bits per heavy atom. The molecular formula is C17H16N2O3S. The summed E-state index contributed by atoms with van der Waals surface area (Å²) in [6.45, 7) is 0.598. The third-order valence-electron chi connectivity index (χ3n) is 3.26. The van der Waals surface area contributed by atoms with Gasteiger partial charge in [0.15, 0.2) is 0 Å². The Balaban J connectivity index is 1.69. The number of ether oxygens (including phenoxy) is 1. The number of hydrogen-bond donors (Lipinski definition) is 1. The highest BCUT2D eigenvalue weighted by Gasteiger charge is 2.28. The van der Waals surface area contributed by atoms with E-state index in [0.717, 1.165) is 11.1 Å². The van der Waals surface area contributed by atoms with E-state index in [1.807, 2.05) is 60.7 Å². The molecule has 0 saturated carbocycles. The van der Waals surface area contributed by atoms with Crippen LogP contribution in [0.1, 0.15) is 11.1 Å². The summed E-state index contributed by atoms with van der Waals surface area (Å²) in [5.74, 6) is 0.289. The summed E-state index contributed by atoms with van der Waals surface area (Å²) in [6, 6.07) is 19.0. The fraction of sp³-hybridized carbons (Fsp3) is 0.118. The zero-order valence-electron chi connectivity index (χ0n) is 12.3. The van der Waals surface area contributed by atoms with E-state index in [-0.39, 0.29) is 17.5 Å². The topological polar surface area (TPSA) is 67.8 Å². The van der Waals surface area contributed by atoms with Gasteiger partial charge >= 0.3 is 0 Å². The maximum Gasteiger partial charge on any atom is 0.296 e. The second kappa shape index (κ2) is 6.66. The zero-order valence-corrected chi connectivity index (χ0v) is 13.2. The molecule has 0 bridgehead atoms. The van der Waals surface area contributed by atoms with Crippen LogP contribution < -0.4 is 4.72 Å². The standard InChI is InChI=1S/C17H16N2O3S/c20-23(21)17(22-13-15-9-5-2-6-10-15)11-16(19-23)18-12-14-7-3-1-4-8-14/h1-11H,12-13H2,(H,18,19). The van der Waals surface area contributed by atoms with Gasteiger partial charge in [-0.3, -0.25) is 9.71 Å². The Labute approximate surface area is 135 Å². The van der Waals surface area contributed by atoms with Crippen LogP contribution in [0.3, 0.4) is 0 Å². The normalized spacial score (nSPS) is 17.6. The average Bonchev–Trinajstić information content (AvgIpc) is 2.87. The molecule has 23 heavy (non-hydrogen) atoms. The highest BCUT2D eigenvalue weighted by molar-refractivity contribution is 7.94. The maximum atomic E-state index is 12.0. The van der Waals surface area contributed by atoms with Crippen molar-refractivity contribution >= 4 is 15.9 Å². The molecule has 2 aromatic rings. The number of aliphatic imine (C=N–C) groups is 1. The van der Waals surface area contributed by atoms with Crippen molar-refractivity contribution < 1.29 is 13.2 Å². The Morgan fingerprint density at radius 2 is 1.52 bits per heavy atom. The molecule has 1 N–H and O–H groups in total. The molecule has 1 aliphatic rings. The minimum atomic E-state index is -3.65. The van der Waals surface area contributed by atoms with E-state index in [9.17, 15) is 8.42 Å². The third kappa shape index (κ3) is 3.98. The molecule has 0 radical (unpaired) electrons. The summed E-state index contributed by atoms with van der Waals surface area (Å²) in [4.78, 5) is 4.26. The summed E-state index contributed by atoms with van der Waals surface area (Å²) in [7, 11) is -3.65. The van der Waals surface area contributed by atoms with Crippen LogP contribution in [0.5, 0.6) is 0 Å². The Morgan fingerprint density at radius 1 is 0.913 bits per heavy atom. The Hall–Kier alpha value is -2.60. The van der Waals surface area contributed by atoms with Crippen LogP contribution in [0.4, 0.5) is 0 Å². The predicted molar refractivity (Wildman–Crippen MR) is 89.0 cm³/mol. The summed E-state index contributed by atoms with van der Waals surface area (Å²) < 4.78 is 31.8. The number of nitrogens with one attached hydrogen (secondary N) is 1. The zero-order chi connectivity index (χ0) is 16.1. The number of nitrogens with zero attached hydrogens (tertiary/aromatic N) is 1. The number of rotatable bonds is 5. The first-order valence-corrected chi connectivity index (χ1v) is 8.61. The van der Waals surface area contributed by atoms with Crippen molar-refractivity contribution in [3.05, 3.63) is 83.0 Å². The molecule has 0 atom stereocenters. The number of amidine groups is 1. The lowest BCUT2D eigenvalue weighted by atomic mass is 10.2. The van der Waals surface area contributed by atoms with Crippen molar-refractivity contribution in [1.29, 1.82) is 0 Å². The van der Waals surface area contributed by atoms with Gasteiger partial charge in [0, 0.05) is 6.08 Å². The van der Waals surface area contributed by atoms with Crippen LogP contribution in [-0.4, -0.2) is 14.3 Å². The largest absolute Gasteiger partial charge is 0.477 e. The molecule has 0 unspecified atom stereocenters. The van der Waals surface area contributed by atoms with Gasteiger partial charge in [-0.05, 0) is 11.1 Å². The minimum Gasteiger partial charge on any atom is -0.477 e. The van der Waals surface area contributed by atoms with Gasteiger partial charge in [-0.15, -0.1) is 0 Å². The van der Waals surface area contributed by atoms with Crippen molar-refractivity contribution in [2.24, 2.45) is 4.99 Å². The molecule has 0 fully saturated rings. The third-order valence-corrected chi connectivity index (χ3v) is 4.50. The van der Waals surface area contributed by atoms with Gasteiger partial charge in [-0.2, -0.15) is 8.42 Å². The first-order chi connectivity index (χ1) is 11.1. The van der Waals surface area contributed by atoms with Gasteiger partial charge in [0.25, 0.3) is 10.0 Å². The molecule has 3 rings (SSSR count). The van der Waals surface area contributed by atoms with Crippen molar-refractivity contribution in [1.82, 2.24) is 4.72 Å². The first kappa shape index (κ1) is 15.3. The number of benzene rings is 2. The van der Waals surface area contributed by atoms with Crippen molar-refractivity contribution in [2.45, 2.75) is 13.2 Å². The lowest BCUT2D eigenvalue weighted by Crippen LogP contribution is -2.23. The molecular weight excluding hydrogens is 312 g/mol. The van der Waals surface area contributed by atoms with Gasteiger partial charge in [-0.25, -0.2) is 0 Å². The molecule has 0 amide bonds. The highest BCUT2D eigenvalue weighted by atomic mass is 32.2. The summed E-state index contributed by atoms with van der Waals surface area (Å²) >= 11 is 0. The van der Waals surface area contributed by atoms with Crippen molar-refractivity contribution in [3.63, 3.8) is 0 Å². The lowest BCUT2D eigenvalue weighted by Gasteiger charge is -2.05. The van der Waals surface area contributed by atoms with E-state index >= 15 is 0 Å². The molecule has 1 aliphatic heterocycles. The van der Waals surface area contributed by atoms with Gasteiger partial charge < -0.3 is 4.74 Å². The van der Waals surface area contributed by atoms with Gasteiger partial charge in [0.2, 0.25) is 5.09 Å². The molecule has 0 aliphatic carbocycles. The minimum absolute atomic E-state index is 0.104. The van der Waals surface area contributed by atoms with E-state index in [4.69, 9.17) is 4.74 Å². The summed E-state index contributed by atoms with van der Waals surface area (Å²) in [6.07, 6.45) is 1.42. The van der Waals surface area contributed by atoms with Gasteiger partial charge in [0.1, 0.15) is 12.4 Å². The van der Waals surface area contributed by atoms with Gasteiger partial charge in [0.05, 0.1) is 6.54 Å². The molecule has 0 spiro atoms. The Bertz CT molecular complexity index is 829. The van der Waals surface area contributed by atoms with E-state index in [0.29, 0.717) is 6.54 Å². The van der Waals surface area contributed by atoms with Crippen LogP contribution in [0, 0.1) is 0 Å². The second-order valence-corrected chi connectivity index (χ2v) is 6.64. The lowest BCUT2D eigenvalue weighted by molar-refractivity contribution is 0.221. The molecule has 1 heterocycles. The quantitative estimate of drug-likeness (QED) is 0.917. The van der Waals surface area contributed by atoms with Gasteiger partial charge in [-0.1, -0.05) is 60.7 Å². The maximum absolute atomic E-state index is 12.0. The fourth-order valence-corrected chi connectivity index (χ4v) is 3.07. The number of sulfonamides is 1. The van der Waals surface area contributed by atoms with E-state index in [1.165, 1.54) is 6.08 Å². The van der Waals surface area contributed by atoms with Crippen LogP contribution in [0.2, 0.25) is 0 Å². The predicted octanol–water partition coefficient (Wildman–Crippen LogP) is 2.58. The van der Waals surface area contributed by atoms with E-state index in [1.54, 1.807) is 0 Å². The van der Waals surface area contributed by atoms with Crippen LogP contribution >= 0.6 is 0 Å². The summed E-state index contributed by atoms with van der Waals surface area (Å²) in [5, 5.41) is -0.104. The van der Waals surface area contributed by atoms with Crippen LogP contribution in [0.25, 0.3) is 0 Å².